The van der Waals surface area contributed by atoms with E-state index in [2.05, 4.69) is 18.3 Å². The second-order valence-corrected chi connectivity index (χ2v) is 6.14. The molecule has 2 N–H and O–H groups in total. The van der Waals surface area contributed by atoms with Crippen molar-refractivity contribution in [3.63, 3.8) is 0 Å². The number of rotatable bonds is 6. The number of methoxy groups -OCH3 is 1. The van der Waals surface area contributed by atoms with Crippen LogP contribution in [0.2, 0.25) is 0 Å². The number of likely N-dealkylation sites (N-methyl/N-ethyl adjacent to an activating group) is 1. The molecule has 1 heterocycles. The van der Waals surface area contributed by atoms with Crippen LogP contribution in [-0.2, 0) is 4.79 Å². The fourth-order valence-electron chi connectivity index (χ4n) is 2.47. The number of hydrogen-bond acceptors (Lipinski definition) is 3. The van der Waals surface area contributed by atoms with Crippen LogP contribution in [0, 0.1) is 0 Å². The predicted octanol–water partition coefficient (Wildman–Crippen LogP) is 1.24. The average molecular weight is 295 g/mol. The third-order valence-corrected chi connectivity index (χ3v) is 5.20. The summed E-state index contributed by atoms with van der Waals surface area (Å²) in [5.41, 5.74) is 1.10. The summed E-state index contributed by atoms with van der Waals surface area (Å²) in [6.45, 7) is 3.78. The van der Waals surface area contributed by atoms with Crippen LogP contribution in [0.3, 0.4) is 0 Å². The fourth-order valence-corrected chi connectivity index (χ4v) is 3.92. The van der Waals surface area contributed by atoms with E-state index in [1.54, 1.807) is 18.9 Å². The summed E-state index contributed by atoms with van der Waals surface area (Å²) < 4.78 is 5.46. The lowest BCUT2D eigenvalue weighted by Crippen LogP contribution is -2.81. The Morgan fingerprint density at radius 1 is 1.40 bits per heavy atom. The first kappa shape index (κ1) is 15.2. The number of benzene rings is 1. The Labute approximate surface area is 124 Å². The molecule has 1 aromatic rings. The van der Waals surface area contributed by atoms with E-state index in [9.17, 15) is 4.79 Å². The molecule has 1 amide bonds. The van der Waals surface area contributed by atoms with E-state index in [4.69, 9.17) is 4.74 Å². The first-order chi connectivity index (χ1) is 9.72. The monoisotopic (exact) mass is 295 g/mol. The molecule has 0 unspecified atom stereocenters. The standard InChI is InChI=1S/C15H22N2O2S/c1-4-13-14(18)17(10-9-16-2)15(20-13)11-7-5-6-8-12(11)19-3/h5-8,13,15-16H,4,9-10H2,1-3H3/p+1/t13-,15+/m0/s1. The molecule has 1 aromatic carbocycles. The van der Waals surface area contributed by atoms with Crippen LogP contribution in [-0.4, -0.2) is 43.3 Å². The highest BCUT2D eigenvalue weighted by Crippen LogP contribution is 2.46. The number of nitrogens with zero attached hydrogens (tertiary/aromatic N) is 1. The van der Waals surface area contributed by atoms with Gasteiger partial charge in [0.15, 0.2) is 0 Å². The van der Waals surface area contributed by atoms with E-state index in [0.717, 1.165) is 30.8 Å². The largest absolute Gasteiger partial charge is 0.496 e. The maximum absolute atomic E-state index is 12.5. The van der Waals surface area contributed by atoms with Crippen molar-refractivity contribution in [3.05, 3.63) is 29.8 Å². The summed E-state index contributed by atoms with van der Waals surface area (Å²) in [4.78, 5) is 14.5. The molecule has 1 aliphatic heterocycles. The van der Waals surface area contributed by atoms with Gasteiger partial charge < -0.3 is 15.0 Å². The summed E-state index contributed by atoms with van der Waals surface area (Å²) in [6, 6.07) is 7.99. The highest BCUT2D eigenvalue weighted by molar-refractivity contribution is 8.01. The summed E-state index contributed by atoms with van der Waals surface area (Å²) >= 11 is 1.74. The minimum absolute atomic E-state index is 0.0711. The van der Waals surface area contributed by atoms with Crippen LogP contribution in [0.5, 0.6) is 5.75 Å². The molecule has 20 heavy (non-hydrogen) atoms. The van der Waals surface area contributed by atoms with Gasteiger partial charge in [-0.25, -0.2) is 0 Å². The SMILES string of the molecule is CC[C@@H]1S[C@H](c2ccccc2OC)N(CC[NH2+]C)C1=O. The highest BCUT2D eigenvalue weighted by atomic mass is 32.2. The zero-order valence-electron chi connectivity index (χ0n) is 12.3. The Morgan fingerprint density at radius 2 is 2.15 bits per heavy atom. The minimum Gasteiger partial charge on any atom is -0.496 e. The molecule has 110 valence electrons. The third kappa shape index (κ3) is 2.94. The molecular formula is C15H23N2O2S+. The molecule has 5 heteroatoms. The van der Waals surface area contributed by atoms with Gasteiger partial charge in [-0.1, -0.05) is 25.1 Å². The lowest BCUT2D eigenvalue weighted by Gasteiger charge is -2.24. The Bertz CT molecular complexity index is 467. The van der Waals surface area contributed by atoms with Gasteiger partial charge in [-0.3, -0.25) is 4.79 Å². The number of nitrogens with two attached hydrogens (primary N) is 1. The molecule has 1 fully saturated rings. The molecule has 0 saturated carbocycles. The number of hydrogen-bond donors (Lipinski definition) is 1. The summed E-state index contributed by atoms with van der Waals surface area (Å²) in [6.07, 6.45) is 0.876. The number of para-hydroxylation sites is 1. The first-order valence-corrected chi connectivity index (χ1v) is 8.03. The smallest absolute Gasteiger partial charge is 0.237 e. The Morgan fingerprint density at radius 3 is 2.80 bits per heavy atom. The van der Waals surface area contributed by atoms with E-state index in [1.165, 1.54) is 0 Å². The van der Waals surface area contributed by atoms with Crippen LogP contribution in [0.25, 0.3) is 0 Å². The van der Waals surface area contributed by atoms with Crippen LogP contribution in [0.1, 0.15) is 24.3 Å². The van der Waals surface area contributed by atoms with Crippen molar-refractivity contribution in [2.24, 2.45) is 0 Å². The van der Waals surface area contributed by atoms with Crippen molar-refractivity contribution in [2.75, 3.05) is 27.2 Å². The Hall–Kier alpha value is -1.20. The fraction of sp³-hybridized carbons (Fsp3) is 0.533. The van der Waals surface area contributed by atoms with E-state index < -0.39 is 0 Å². The zero-order valence-corrected chi connectivity index (χ0v) is 13.2. The molecule has 0 aliphatic carbocycles. The molecule has 0 bridgehead atoms. The van der Waals surface area contributed by atoms with Crippen molar-refractivity contribution in [1.82, 2.24) is 4.90 Å². The van der Waals surface area contributed by atoms with Crippen LogP contribution in [0.4, 0.5) is 0 Å². The van der Waals surface area contributed by atoms with Crippen LogP contribution in [0.15, 0.2) is 24.3 Å². The maximum Gasteiger partial charge on any atom is 0.237 e. The summed E-state index contributed by atoms with van der Waals surface area (Å²) in [5.74, 6) is 1.12. The number of amides is 1. The molecule has 4 nitrogen and oxygen atoms in total. The van der Waals surface area contributed by atoms with Gasteiger partial charge in [0.05, 0.1) is 32.5 Å². The van der Waals surface area contributed by atoms with Gasteiger partial charge in [0.2, 0.25) is 5.91 Å². The second-order valence-electron chi connectivity index (χ2n) is 4.86. The third-order valence-electron chi connectivity index (χ3n) is 3.57. The minimum atomic E-state index is 0.0711. The number of carbonyl (C=O) groups is 1. The van der Waals surface area contributed by atoms with Crippen molar-refractivity contribution in [2.45, 2.75) is 24.0 Å². The van der Waals surface area contributed by atoms with Crippen molar-refractivity contribution in [1.29, 1.82) is 0 Å². The molecule has 1 saturated heterocycles. The number of thioether (sulfide) groups is 1. The Kier molecular flexibility index (Phi) is 5.31. The molecule has 2 rings (SSSR count). The predicted molar refractivity (Wildman–Crippen MR) is 81.8 cm³/mol. The second kappa shape index (κ2) is 6.99. The van der Waals surface area contributed by atoms with Crippen molar-refractivity contribution >= 4 is 17.7 Å². The molecule has 2 atom stereocenters. The number of carbonyl (C=O) groups excluding carboxylic acids is 1. The highest BCUT2D eigenvalue weighted by Gasteiger charge is 2.40. The van der Waals surface area contributed by atoms with Crippen LogP contribution >= 0.6 is 11.8 Å². The first-order valence-electron chi connectivity index (χ1n) is 7.09. The van der Waals surface area contributed by atoms with E-state index in [1.807, 2.05) is 30.1 Å². The zero-order chi connectivity index (χ0) is 14.5. The molecular weight excluding hydrogens is 272 g/mol. The molecule has 0 radical (unpaired) electrons. The molecule has 0 spiro atoms. The molecule has 0 aromatic heterocycles. The normalized spacial score (nSPS) is 22.4. The van der Waals surface area contributed by atoms with E-state index in [0.29, 0.717) is 0 Å². The topological polar surface area (TPSA) is 46.1 Å². The lowest BCUT2D eigenvalue weighted by atomic mass is 10.1. The quantitative estimate of drug-likeness (QED) is 0.859. The van der Waals surface area contributed by atoms with E-state index >= 15 is 0 Å². The van der Waals surface area contributed by atoms with E-state index in [-0.39, 0.29) is 16.5 Å². The number of quaternary nitrogens is 1. The van der Waals surface area contributed by atoms with Crippen LogP contribution < -0.4 is 10.1 Å². The average Bonchev–Trinajstić information content (AvgIpc) is 2.81. The van der Waals surface area contributed by atoms with Gasteiger partial charge in [0.1, 0.15) is 11.1 Å². The Balaban J connectivity index is 2.29. The lowest BCUT2D eigenvalue weighted by molar-refractivity contribution is -0.626. The van der Waals surface area contributed by atoms with Crippen molar-refractivity contribution < 1.29 is 14.8 Å². The van der Waals surface area contributed by atoms with Gasteiger partial charge in [-0.2, -0.15) is 0 Å². The summed E-state index contributed by atoms with van der Waals surface area (Å²) in [5, 5.41) is 2.25. The van der Waals surface area contributed by atoms with Gasteiger partial charge in [-0.05, 0) is 12.5 Å². The number of ether oxygens (including phenoxy) is 1. The van der Waals surface area contributed by atoms with Gasteiger partial charge >= 0.3 is 0 Å². The van der Waals surface area contributed by atoms with Gasteiger partial charge in [0, 0.05) is 5.56 Å². The van der Waals surface area contributed by atoms with Gasteiger partial charge in [-0.15, -0.1) is 11.8 Å². The molecule has 1 aliphatic rings. The van der Waals surface area contributed by atoms with Gasteiger partial charge in [0.25, 0.3) is 0 Å². The maximum atomic E-state index is 12.5. The van der Waals surface area contributed by atoms with Crippen molar-refractivity contribution in [3.8, 4) is 5.75 Å². The summed E-state index contributed by atoms with van der Waals surface area (Å²) in [7, 11) is 3.71.